The summed E-state index contributed by atoms with van der Waals surface area (Å²) in [5, 5.41) is 13.7. The molecule has 120 valence electrons. The van der Waals surface area contributed by atoms with E-state index >= 15 is 0 Å². The van der Waals surface area contributed by atoms with Gasteiger partial charge in [-0.15, -0.1) is 0 Å². The monoisotopic (exact) mass is 315 g/mol. The summed E-state index contributed by atoms with van der Waals surface area (Å²) in [4.78, 5) is 34.3. The Bertz CT molecular complexity index is 798. The van der Waals surface area contributed by atoms with E-state index in [1.807, 2.05) is 6.92 Å². The second-order valence-electron chi connectivity index (χ2n) is 5.15. The number of hydrogen-bond donors (Lipinski definition) is 1. The van der Waals surface area contributed by atoms with Crippen LogP contribution in [-0.2, 0) is 7.05 Å². The number of aryl methyl sites for hydroxylation is 1. The van der Waals surface area contributed by atoms with Crippen LogP contribution in [0.15, 0.2) is 47.4 Å². The van der Waals surface area contributed by atoms with Crippen molar-refractivity contribution in [3.8, 4) is 0 Å². The summed E-state index contributed by atoms with van der Waals surface area (Å²) in [5.41, 5.74) is 0.612. The minimum absolute atomic E-state index is 0.0243. The summed E-state index contributed by atoms with van der Waals surface area (Å²) in [5.74, 6) is -0.388. The van der Waals surface area contributed by atoms with Gasteiger partial charge >= 0.3 is 0 Å². The maximum atomic E-state index is 12.3. The predicted molar refractivity (Wildman–Crippen MR) is 85.3 cm³/mol. The first-order chi connectivity index (χ1) is 10.9. The van der Waals surface area contributed by atoms with Gasteiger partial charge in [0, 0.05) is 37.0 Å². The first-order valence-electron chi connectivity index (χ1n) is 7.14. The van der Waals surface area contributed by atoms with Crippen molar-refractivity contribution >= 4 is 11.6 Å². The number of nitro groups is 1. The van der Waals surface area contributed by atoms with Crippen LogP contribution in [0.1, 0.15) is 35.3 Å². The Morgan fingerprint density at radius 1 is 1.35 bits per heavy atom. The summed E-state index contributed by atoms with van der Waals surface area (Å²) in [6, 6.07) is 8.60. The number of carbonyl (C=O) groups excluding carboxylic acids is 1. The molecule has 7 nitrogen and oxygen atoms in total. The van der Waals surface area contributed by atoms with Crippen LogP contribution in [0.25, 0.3) is 0 Å². The highest BCUT2D eigenvalue weighted by Gasteiger charge is 2.17. The van der Waals surface area contributed by atoms with Gasteiger partial charge in [-0.1, -0.05) is 19.1 Å². The summed E-state index contributed by atoms with van der Waals surface area (Å²) < 4.78 is 1.37. The van der Waals surface area contributed by atoms with E-state index in [9.17, 15) is 19.7 Å². The van der Waals surface area contributed by atoms with Gasteiger partial charge < -0.3 is 9.88 Å². The van der Waals surface area contributed by atoms with Crippen molar-refractivity contribution in [2.45, 2.75) is 19.4 Å². The second kappa shape index (κ2) is 6.87. The number of non-ortho nitro benzene ring substituents is 1. The maximum absolute atomic E-state index is 12.3. The quantitative estimate of drug-likeness (QED) is 0.676. The first-order valence-corrected chi connectivity index (χ1v) is 7.14. The van der Waals surface area contributed by atoms with Gasteiger partial charge in [-0.05, 0) is 18.1 Å². The van der Waals surface area contributed by atoms with Crippen molar-refractivity contribution in [1.82, 2.24) is 9.88 Å². The molecule has 23 heavy (non-hydrogen) atoms. The zero-order chi connectivity index (χ0) is 17.0. The molecule has 1 N–H and O–H groups in total. The molecule has 0 aliphatic rings. The van der Waals surface area contributed by atoms with Gasteiger partial charge in [0.05, 0.1) is 11.0 Å². The van der Waals surface area contributed by atoms with Gasteiger partial charge in [0.15, 0.2) is 0 Å². The largest absolute Gasteiger partial charge is 0.345 e. The molecule has 0 bridgehead atoms. The SMILES string of the molecule is CC[C@H](NC(=O)c1ccn(C)c(=O)c1)c1cccc([N+](=O)[O-])c1. The van der Waals surface area contributed by atoms with Crippen molar-refractivity contribution in [2.24, 2.45) is 7.05 Å². The number of benzene rings is 1. The third kappa shape index (κ3) is 3.82. The van der Waals surface area contributed by atoms with Crippen molar-refractivity contribution in [3.05, 3.63) is 74.2 Å². The lowest BCUT2D eigenvalue weighted by atomic mass is 10.0. The molecule has 0 aliphatic heterocycles. The van der Waals surface area contributed by atoms with Gasteiger partial charge in [0.25, 0.3) is 17.2 Å². The topological polar surface area (TPSA) is 94.2 Å². The summed E-state index contributed by atoms with van der Waals surface area (Å²) in [6.07, 6.45) is 2.09. The lowest BCUT2D eigenvalue weighted by Gasteiger charge is -2.17. The lowest BCUT2D eigenvalue weighted by Crippen LogP contribution is -2.29. The normalized spacial score (nSPS) is 11.7. The van der Waals surface area contributed by atoms with Gasteiger partial charge in [0.2, 0.25) is 0 Å². The highest BCUT2D eigenvalue weighted by molar-refractivity contribution is 5.94. The van der Waals surface area contributed by atoms with Crippen LogP contribution in [0.4, 0.5) is 5.69 Å². The number of rotatable bonds is 5. The smallest absolute Gasteiger partial charge is 0.269 e. The molecule has 2 aromatic rings. The molecule has 1 aromatic carbocycles. The fraction of sp³-hybridized carbons (Fsp3) is 0.250. The van der Waals surface area contributed by atoms with Gasteiger partial charge in [-0.2, -0.15) is 0 Å². The molecule has 0 aliphatic carbocycles. The Labute approximate surface area is 132 Å². The zero-order valence-corrected chi connectivity index (χ0v) is 12.9. The Morgan fingerprint density at radius 3 is 2.70 bits per heavy atom. The van der Waals surface area contributed by atoms with Gasteiger partial charge in [-0.25, -0.2) is 0 Å². The van der Waals surface area contributed by atoms with E-state index in [1.54, 1.807) is 25.2 Å². The second-order valence-corrected chi connectivity index (χ2v) is 5.15. The molecule has 0 radical (unpaired) electrons. The molecule has 2 rings (SSSR count). The number of amides is 1. The summed E-state index contributed by atoms with van der Waals surface area (Å²) in [6.45, 7) is 1.87. The van der Waals surface area contributed by atoms with Gasteiger partial charge in [0.1, 0.15) is 0 Å². The molecule has 7 heteroatoms. The lowest BCUT2D eigenvalue weighted by molar-refractivity contribution is -0.384. The third-order valence-corrected chi connectivity index (χ3v) is 3.56. The number of pyridine rings is 1. The minimum Gasteiger partial charge on any atom is -0.345 e. The number of hydrogen-bond acceptors (Lipinski definition) is 4. The zero-order valence-electron chi connectivity index (χ0n) is 12.9. The molecule has 0 fully saturated rings. The molecule has 1 amide bonds. The van der Waals surface area contributed by atoms with Crippen LogP contribution in [0.5, 0.6) is 0 Å². The molecule has 1 aromatic heterocycles. The van der Waals surface area contributed by atoms with Crippen molar-refractivity contribution in [1.29, 1.82) is 0 Å². The Balaban J connectivity index is 2.23. The molecule has 0 saturated heterocycles. The van der Waals surface area contributed by atoms with Crippen LogP contribution >= 0.6 is 0 Å². The fourth-order valence-electron chi connectivity index (χ4n) is 2.21. The third-order valence-electron chi connectivity index (χ3n) is 3.56. The van der Waals surface area contributed by atoms with Crippen molar-refractivity contribution in [3.63, 3.8) is 0 Å². The Kier molecular flexibility index (Phi) is 4.90. The standard InChI is InChI=1S/C16H17N3O4/c1-3-14(11-5-4-6-13(9-11)19(22)23)17-16(21)12-7-8-18(2)15(20)10-12/h4-10,14H,3H2,1-2H3,(H,17,21)/t14-/m0/s1. The molecule has 1 atom stereocenters. The Morgan fingerprint density at radius 2 is 2.09 bits per heavy atom. The van der Waals surface area contributed by atoms with Crippen LogP contribution in [0.2, 0.25) is 0 Å². The van der Waals surface area contributed by atoms with Crippen LogP contribution in [0, 0.1) is 10.1 Å². The minimum atomic E-state index is -0.473. The molecule has 0 saturated carbocycles. The molecule has 0 unspecified atom stereocenters. The Hall–Kier alpha value is -2.96. The number of nitrogens with zero attached hydrogens (tertiary/aromatic N) is 2. The van der Waals surface area contributed by atoms with E-state index in [0.29, 0.717) is 12.0 Å². The van der Waals surface area contributed by atoms with E-state index in [-0.39, 0.29) is 28.8 Å². The van der Waals surface area contributed by atoms with Crippen molar-refractivity contribution < 1.29 is 9.72 Å². The fourth-order valence-corrected chi connectivity index (χ4v) is 2.21. The average molecular weight is 315 g/mol. The van der Waals surface area contributed by atoms with Crippen LogP contribution in [0.3, 0.4) is 0 Å². The molecular formula is C16H17N3O4. The van der Waals surface area contributed by atoms with E-state index in [4.69, 9.17) is 0 Å². The van der Waals surface area contributed by atoms with Crippen LogP contribution < -0.4 is 10.9 Å². The van der Waals surface area contributed by atoms with Crippen LogP contribution in [-0.4, -0.2) is 15.4 Å². The summed E-state index contributed by atoms with van der Waals surface area (Å²) in [7, 11) is 1.60. The first kappa shape index (κ1) is 16.4. The summed E-state index contributed by atoms with van der Waals surface area (Å²) >= 11 is 0. The van der Waals surface area contributed by atoms with Gasteiger partial charge in [-0.3, -0.25) is 19.7 Å². The predicted octanol–water partition coefficient (Wildman–Crippen LogP) is 2.17. The highest BCUT2D eigenvalue weighted by Crippen LogP contribution is 2.21. The number of aromatic nitrogens is 1. The van der Waals surface area contributed by atoms with E-state index < -0.39 is 4.92 Å². The molecule has 0 spiro atoms. The average Bonchev–Trinajstić information content (AvgIpc) is 2.55. The van der Waals surface area contributed by atoms with E-state index in [2.05, 4.69) is 5.32 Å². The van der Waals surface area contributed by atoms with E-state index in [0.717, 1.165) is 0 Å². The maximum Gasteiger partial charge on any atom is 0.269 e. The highest BCUT2D eigenvalue weighted by atomic mass is 16.6. The number of nitro benzene ring substituents is 1. The molecule has 1 heterocycles. The number of nitrogens with one attached hydrogen (secondary N) is 1. The number of carbonyl (C=O) groups is 1. The van der Waals surface area contributed by atoms with E-state index in [1.165, 1.54) is 29.0 Å². The molecular weight excluding hydrogens is 298 g/mol. The van der Waals surface area contributed by atoms with Crippen molar-refractivity contribution in [2.75, 3.05) is 0 Å².